The van der Waals surface area contributed by atoms with Crippen molar-refractivity contribution in [3.05, 3.63) is 40.9 Å². The fraction of sp³-hybridized carbons (Fsp3) is 0.474. The van der Waals surface area contributed by atoms with Gasteiger partial charge in [0.25, 0.3) is 5.91 Å². The van der Waals surface area contributed by atoms with E-state index in [0.717, 1.165) is 29.4 Å². The smallest absolute Gasteiger partial charge is 0.265 e. The second kappa shape index (κ2) is 7.33. The van der Waals surface area contributed by atoms with Gasteiger partial charge in [0.15, 0.2) is 9.84 Å². The number of benzene rings is 1. The van der Waals surface area contributed by atoms with E-state index in [1.165, 1.54) is 11.3 Å². The van der Waals surface area contributed by atoms with Crippen LogP contribution < -0.4 is 0 Å². The van der Waals surface area contributed by atoms with Crippen molar-refractivity contribution in [3.63, 3.8) is 0 Å². The van der Waals surface area contributed by atoms with Gasteiger partial charge < -0.3 is 4.90 Å². The maximum absolute atomic E-state index is 13.0. The normalized spacial score (nSPS) is 22.9. The topological polar surface area (TPSA) is 70.6 Å². The Morgan fingerprint density at radius 3 is 2.48 bits per heavy atom. The summed E-state index contributed by atoms with van der Waals surface area (Å²) in [4.78, 5) is 22.4. The highest BCUT2D eigenvalue weighted by Gasteiger charge is 2.34. The third kappa shape index (κ3) is 3.93. The van der Waals surface area contributed by atoms with Crippen molar-refractivity contribution in [3.8, 4) is 10.6 Å². The van der Waals surface area contributed by atoms with Gasteiger partial charge in [-0.1, -0.05) is 30.3 Å². The SMILES string of the molecule is Cc1nc(-c2ccccc2)sc1C(=O)N1CCN(C2CCS(=O)(=O)C2)CC1. The van der Waals surface area contributed by atoms with Crippen molar-refractivity contribution >= 4 is 27.1 Å². The van der Waals surface area contributed by atoms with Crippen LogP contribution in [0.3, 0.4) is 0 Å². The highest BCUT2D eigenvalue weighted by molar-refractivity contribution is 7.91. The summed E-state index contributed by atoms with van der Waals surface area (Å²) in [6.07, 6.45) is 0.713. The molecule has 8 heteroatoms. The van der Waals surface area contributed by atoms with Gasteiger partial charge in [0.1, 0.15) is 9.88 Å². The average Bonchev–Trinajstić information content (AvgIpc) is 3.24. The van der Waals surface area contributed by atoms with Gasteiger partial charge in [0.2, 0.25) is 0 Å². The first-order valence-corrected chi connectivity index (χ1v) is 11.8. The summed E-state index contributed by atoms with van der Waals surface area (Å²) in [7, 11) is -2.88. The molecule has 2 aliphatic rings. The molecule has 0 N–H and O–H groups in total. The third-order valence-electron chi connectivity index (χ3n) is 5.34. The molecule has 4 rings (SSSR count). The number of sulfone groups is 1. The van der Waals surface area contributed by atoms with Crippen LogP contribution in [0.5, 0.6) is 0 Å². The molecule has 1 aromatic carbocycles. The number of nitrogens with zero attached hydrogens (tertiary/aromatic N) is 3. The van der Waals surface area contributed by atoms with Crippen LogP contribution in [0.2, 0.25) is 0 Å². The number of piperazine rings is 1. The molecule has 0 saturated carbocycles. The van der Waals surface area contributed by atoms with Crippen molar-refractivity contribution in [2.24, 2.45) is 0 Å². The first-order chi connectivity index (χ1) is 12.9. The Kier molecular flexibility index (Phi) is 5.05. The summed E-state index contributed by atoms with van der Waals surface area (Å²) in [5.41, 5.74) is 1.80. The summed E-state index contributed by atoms with van der Waals surface area (Å²) in [6.45, 7) is 4.61. The average molecular weight is 406 g/mol. The highest BCUT2D eigenvalue weighted by atomic mass is 32.2. The Morgan fingerprint density at radius 2 is 1.85 bits per heavy atom. The van der Waals surface area contributed by atoms with Crippen molar-refractivity contribution in [2.75, 3.05) is 37.7 Å². The van der Waals surface area contributed by atoms with E-state index in [1.54, 1.807) is 0 Å². The molecular weight excluding hydrogens is 382 g/mol. The monoisotopic (exact) mass is 405 g/mol. The van der Waals surface area contributed by atoms with Gasteiger partial charge in [-0.2, -0.15) is 0 Å². The van der Waals surface area contributed by atoms with Crippen molar-refractivity contribution in [1.82, 2.24) is 14.8 Å². The number of carbonyl (C=O) groups excluding carboxylic acids is 1. The molecule has 2 aliphatic heterocycles. The highest BCUT2D eigenvalue weighted by Crippen LogP contribution is 2.29. The molecule has 1 amide bonds. The Balaban J connectivity index is 1.42. The van der Waals surface area contributed by atoms with Gasteiger partial charge in [0.05, 0.1) is 17.2 Å². The lowest BCUT2D eigenvalue weighted by molar-refractivity contribution is 0.0591. The van der Waals surface area contributed by atoms with Crippen LogP contribution in [-0.4, -0.2) is 72.8 Å². The molecule has 6 nitrogen and oxygen atoms in total. The summed E-state index contributed by atoms with van der Waals surface area (Å²) in [6, 6.07) is 10.0. The van der Waals surface area contributed by atoms with E-state index in [4.69, 9.17) is 0 Å². The van der Waals surface area contributed by atoms with E-state index in [0.29, 0.717) is 30.1 Å². The molecule has 0 aliphatic carbocycles. The Bertz CT molecular complexity index is 932. The van der Waals surface area contributed by atoms with Gasteiger partial charge >= 0.3 is 0 Å². The van der Waals surface area contributed by atoms with Gasteiger partial charge in [-0.3, -0.25) is 9.69 Å². The standard InChI is InChI=1S/C19H23N3O3S2/c1-14-17(26-18(20-14)15-5-3-2-4-6-15)19(23)22-10-8-21(9-11-22)16-7-12-27(24,25)13-16/h2-6,16H,7-13H2,1H3. The lowest BCUT2D eigenvalue weighted by atomic mass is 10.2. The second-order valence-electron chi connectivity index (χ2n) is 7.18. The van der Waals surface area contributed by atoms with Gasteiger partial charge in [-0.05, 0) is 13.3 Å². The first kappa shape index (κ1) is 18.6. The summed E-state index contributed by atoms with van der Waals surface area (Å²) >= 11 is 1.44. The maximum Gasteiger partial charge on any atom is 0.265 e. The third-order valence-corrected chi connectivity index (χ3v) is 8.28. The second-order valence-corrected chi connectivity index (χ2v) is 10.4. The number of aryl methyl sites for hydroxylation is 1. The lowest BCUT2D eigenvalue weighted by Crippen LogP contribution is -2.52. The molecule has 1 atom stereocenters. The van der Waals surface area contributed by atoms with Crippen LogP contribution in [0.1, 0.15) is 21.8 Å². The fourth-order valence-electron chi connectivity index (χ4n) is 3.80. The lowest BCUT2D eigenvalue weighted by Gasteiger charge is -2.37. The van der Waals surface area contributed by atoms with Gasteiger partial charge in [0, 0.05) is 37.8 Å². The summed E-state index contributed by atoms with van der Waals surface area (Å²) in [5.74, 6) is 0.583. The molecule has 2 fully saturated rings. The maximum atomic E-state index is 13.0. The molecule has 144 valence electrons. The zero-order valence-corrected chi connectivity index (χ0v) is 16.9. The number of amides is 1. The molecule has 2 saturated heterocycles. The van der Waals surface area contributed by atoms with Crippen LogP contribution in [0.15, 0.2) is 30.3 Å². The Hall–Kier alpha value is -1.77. The number of aromatic nitrogens is 1. The molecule has 1 aromatic heterocycles. The largest absolute Gasteiger partial charge is 0.335 e. The van der Waals surface area contributed by atoms with Gasteiger partial charge in [-0.15, -0.1) is 11.3 Å². The zero-order valence-electron chi connectivity index (χ0n) is 15.3. The van der Waals surface area contributed by atoms with E-state index in [1.807, 2.05) is 42.2 Å². The molecular formula is C19H23N3O3S2. The Morgan fingerprint density at radius 1 is 1.15 bits per heavy atom. The number of carbonyl (C=O) groups is 1. The molecule has 27 heavy (non-hydrogen) atoms. The minimum Gasteiger partial charge on any atom is -0.335 e. The van der Waals surface area contributed by atoms with Gasteiger partial charge in [-0.25, -0.2) is 13.4 Å². The van der Waals surface area contributed by atoms with Crippen molar-refractivity contribution in [1.29, 1.82) is 0 Å². The summed E-state index contributed by atoms with van der Waals surface area (Å²) in [5, 5.41) is 0.867. The zero-order chi connectivity index (χ0) is 19.0. The number of rotatable bonds is 3. The number of thiazole rings is 1. The van der Waals surface area contributed by atoms with E-state index in [9.17, 15) is 13.2 Å². The van der Waals surface area contributed by atoms with Crippen molar-refractivity contribution < 1.29 is 13.2 Å². The fourth-order valence-corrected chi connectivity index (χ4v) is 6.60. The van der Waals surface area contributed by atoms with Crippen LogP contribution in [0.25, 0.3) is 10.6 Å². The van der Waals surface area contributed by atoms with Crippen LogP contribution in [-0.2, 0) is 9.84 Å². The van der Waals surface area contributed by atoms with E-state index in [2.05, 4.69) is 9.88 Å². The predicted octanol–water partition coefficient (Wildman–Crippen LogP) is 2.06. The number of hydrogen-bond donors (Lipinski definition) is 0. The number of hydrogen-bond acceptors (Lipinski definition) is 6. The van der Waals surface area contributed by atoms with Crippen LogP contribution in [0.4, 0.5) is 0 Å². The molecule has 3 heterocycles. The predicted molar refractivity (Wildman–Crippen MR) is 107 cm³/mol. The Labute approximate surface area is 163 Å². The molecule has 2 aromatic rings. The van der Waals surface area contributed by atoms with E-state index < -0.39 is 9.84 Å². The molecule has 0 radical (unpaired) electrons. The first-order valence-electron chi connectivity index (χ1n) is 9.19. The van der Waals surface area contributed by atoms with Crippen LogP contribution >= 0.6 is 11.3 Å². The molecule has 0 bridgehead atoms. The minimum atomic E-state index is -2.88. The summed E-state index contributed by atoms with van der Waals surface area (Å²) < 4.78 is 23.4. The van der Waals surface area contributed by atoms with Crippen molar-refractivity contribution in [2.45, 2.75) is 19.4 Å². The molecule has 0 spiro atoms. The van der Waals surface area contributed by atoms with Crippen LogP contribution in [0, 0.1) is 6.92 Å². The molecule has 1 unspecified atom stereocenters. The quantitative estimate of drug-likeness (QED) is 0.782. The minimum absolute atomic E-state index is 0.0332. The van der Waals surface area contributed by atoms with E-state index >= 15 is 0 Å². The van der Waals surface area contributed by atoms with E-state index in [-0.39, 0.29) is 17.7 Å².